The van der Waals surface area contributed by atoms with Crippen LogP contribution >= 0.6 is 0 Å². The standard InChI is InChI=1S/C17H22N2O2/c1-3-4-5-9-12-15(20)16-13(2)18-19(17(16)21)14-10-7-6-8-11-14/h6-8,10-11,16H,3-5,9,12H2,1-2H3. The number of rotatable bonds is 7. The van der Waals surface area contributed by atoms with Crippen LogP contribution in [0.3, 0.4) is 0 Å². The van der Waals surface area contributed by atoms with Crippen LogP contribution in [0, 0.1) is 5.92 Å². The number of hydrazone groups is 1. The normalized spacial score (nSPS) is 18.0. The zero-order valence-corrected chi connectivity index (χ0v) is 12.7. The van der Waals surface area contributed by atoms with Crippen molar-refractivity contribution in [3.05, 3.63) is 30.3 Å². The summed E-state index contributed by atoms with van der Waals surface area (Å²) in [5.41, 5.74) is 1.31. The molecular formula is C17H22N2O2. The van der Waals surface area contributed by atoms with Crippen LogP contribution in [0.25, 0.3) is 0 Å². The van der Waals surface area contributed by atoms with Gasteiger partial charge in [0.05, 0.1) is 11.4 Å². The number of para-hydroxylation sites is 1. The van der Waals surface area contributed by atoms with E-state index in [0.29, 0.717) is 17.8 Å². The molecule has 1 aromatic carbocycles. The van der Waals surface area contributed by atoms with Crippen molar-refractivity contribution in [2.75, 3.05) is 5.01 Å². The Hall–Kier alpha value is -1.97. The van der Waals surface area contributed by atoms with Gasteiger partial charge in [-0.25, -0.2) is 0 Å². The molecule has 0 N–H and O–H groups in total. The molecule has 112 valence electrons. The minimum absolute atomic E-state index is 0.00390. The zero-order valence-electron chi connectivity index (χ0n) is 12.7. The monoisotopic (exact) mass is 286 g/mol. The van der Waals surface area contributed by atoms with Gasteiger partial charge in [-0.1, -0.05) is 44.4 Å². The number of carbonyl (C=O) groups is 2. The lowest BCUT2D eigenvalue weighted by Crippen LogP contribution is -2.32. The molecule has 4 nitrogen and oxygen atoms in total. The van der Waals surface area contributed by atoms with Gasteiger partial charge >= 0.3 is 0 Å². The molecule has 0 spiro atoms. The van der Waals surface area contributed by atoms with Crippen LogP contribution in [0.4, 0.5) is 5.69 Å². The molecule has 0 bridgehead atoms. The number of hydrogen-bond donors (Lipinski definition) is 0. The van der Waals surface area contributed by atoms with E-state index in [4.69, 9.17) is 0 Å². The number of carbonyl (C=O) groups excluding carboxylic acids is 2. The second-order valence-electron chi connectivity index (χ2n) is 5.44. The highest BCUT2D eigenvalue weighted by atomic mass is 16.2. The van der Waals surface area contributed by atoms with Crippen molar-refractivity contribution in [3.63, 3.8) is 0 Å². The Morgan fingerprint density at radius 1 is 1.19 bits per heavy atom. The number of anilines is 1. The van der Waals surface area contributed by atoms with Crippen molar-refractivity contribution in [1.29, 1.82) is 0 Å². The van der Waals surface area contributed by atoms with E-state index < -0.39 is 5.92 Å². The molecule has 1 aromatic rings. The van der Waals surface area contributed by atoms with Crippen LogP contribution in [0.1, 0.15) is 46.0 Å². The Balaban J connectivity index is 2.01. The summed E-state index contributed by atoms with van der Waals surface area (Å²) in [5.74, 6) is -0.915. The van der Waals surface area contributed by atoms with E-state index in [-0.39, 0.29) is 11.7 Å². The smallest absolute Gasteiger partial charge is 0.263 e. The number of hydrogen-bond acceptors (Lipinski definition) is 3. The van der Waals surface area contributed by atoms with Crippen LogP contribution in [0.5, 0.6) is 0 Å². The van der Waals surface area contributed by atoms with Crippen molar-refractivity contribution in [3.8, 4) is 0 Å². The summed E-state index contributed by atoms with van der Waals surface area (Å²) in [6.45, 7) is 3.90. The summed E-state index contributed by atoms with van der Waals surface area (Å²) in [4.78, 5) is 24.7. The van der Waals surface area contributed by atoms with E-state index in [1.807, 2.05) is 30.3 Å². The van der Waals surface area contributed by atoms with Gasteiger partial charge in [0.2, 0.25) is 0 Å². The third-order valence-electron chi connectivity index (χ3n) is 3.73. The average Bonchev–Trinajstić information content (AvgIpc) is 2.79. The van der Waals surface area contributed by atoms with E-state index in [1.54, 1.807) is 6.92 Å². The van der Waals surface area contributed by atoms with Crippen LogP contribution in [-0.4, -0.2) is 17.4 Å². The van der Waals surface area contributed by atoms with E-state index in [9.17, 15) is 9.59 Å². The fourth-order valence-corrected chi connectivity index (χ4v) is 2.56. The Morgan fingerprint density at radius 2 is 1.90 bits per heavy atom. The van der Waals surface area contributed by atoms with E-state index >= 15 is 0 Å². The van der Waals surface area contributed by atoms with E-state index in [2.05, 4.69) is 12.0 Å². The lowest BCUT2D eigenvalue weighted by molar-refractivity contribution is -0.129. The molecule has 0 aliphatic carbocycles. The molecule has 21 heavy (non-hydrogen) atoms. The van der Waals surface area contributed by atoms with E-state index in [1.165, 1.54) is 5.01 Å². The minimum atomic E-state index is -0.688. The Labute approximate surface area is 125 Å². The fourth-order valence-electron chi connectivity index (χ4n) is 2.56. The first-order chi connectivity index (χ1) is 10.1. The fraction of sp³-hybridized carbons (Fsp3) is 0.471. The summed E-state index contributed by atoms with van der Waals surface area (Å²) in [5, 5.41) is 5.62. The number of Topliss-reactive ketones (excluding diaryl/α,β-unsaturated/α-hetero) is 1. The largest absolute Gasteiger partial charge is 0.298 e. The highest BCUT2D eigenvalue weighted by Crippen LogP contribution is 2.25. The molecule has 0 aromatic heterocycles. The lowest BCUT2D eigenvalue weighted by atomic mass is 9.95. The predicted molar refractivity (Wildman–Crippen MR) is 84.3 cm³/mol. The van der Waals surface area contributed by atoms with Gasteiger partial charge < -0.3 is 0 Å². The van der Waals surface area contributed by atoms with Crippen molar-refractivity contribution in [1.82, 2.24) is 0 Å². The van der Waals surface area contributed by atoms with Gasteiger partial charge in [-0.3, -0.25) is 9.59 Å². The summed E-state index contributed by atoms with van der Waals surface area (Å²) in [6.07, 6.45) is 4.64. The molecule has 2 rings (SSSR count). The summed E-state index contributed by atoms with van der Waals surface area (Å²) in [6, 6.07) is 9.24. The van der Waals surface area contributed by atoms with Crippen LogP contribution in [-0.2, 0) is 9.59 Å². The predicted octanol–water partition coefficient (Wildman–Crippen LogP) is 3.56. The second kappa shape index (κ2) is 7.16. The van der Waals surface area contributed by atoms with Crippen LogP contribution < -0.4 is 5.01 Å². The maximum Gasteiger partial charge on any atom is 0.263 e. The summed E-state index contributed by atoms with van der Waals surface area (Å²) in [7, 11) is 0. The topological polar surface area (TPSA) is 49.7 Å². The van der Waals surface area contributed by atoms with Gasteiger partial charge in [0, 0.05) is 6.42 Å². The minimum Gasteiger partial charge on any atom is -0.298 e. The average molecular weight is 286 g/mol. The van der Waals surface area contributed by atoms with Gasteiger partial charge in [-0.2, -0.15) is 10.1 Å². The molecule has 1 atom stereocenters. The highest BCUT2D eigenvalue weighted by molar-refractivity contribution is 6.26. The Bertz CT molecular complexity index is 537. The Kier molecular flexibility index (Phi) is 5.26. The Morgan fingerprint density at radius 3 is 2.57 bits per heavy atom. The van der Waals surface area contributed by atoms with Crippen molar-refractivity contribution in [2.24, 2.45) is 11.0 Å². The molecule has 1 amide bonds. The zero-order chi connectivity index (χ0) is 15.2. The first kappa shape index (κ1) is 15.4. The third-order valence-corrected chi connectivity index (χ3v) is 3.73. The molecule has 1 unspecified atom stereocenters. The molecule has 0 fully saturated rings. The van der Waals surface area contributed by atoms with Gasteiger partial charge in [-0.05, 0) is 25.5 Å². The van der Waals surface area contributed by atoms with Crippen molar-refractivity contribution >= 4 is 23.1 Å². The van der Waals surface area contributed by atoms with Crippen LogP contribution in [0.15, 0.2) is 35.4 Å². The summed E-state index contributed by atoms with van der Waals surface area (Å²) >= 11 is 0. The van der Waals surface area contributed by atoms with Crippen molar-refractivity contribution < 1.29 is 9.59 Å². The van der Waals surface area contributed by atoms with Crippen LogP contribution in [0.2, 0.25) is 0 Å². The number of unbranched alkanes of at least 4 members (excludes halogenated alkanes) is 3. The molecule has 1 aliphatic rings. The number of benzene rings is 1. The molecule has 0 saturated heterocycles. The molecule has 4 heteroatoms. The molecule has 1 aliphatic heterocycles. The first-order valence-electron chi connectivity index (χ1n) is 7.62. The van der Waals surface area contributed by atoms with Gasteiger partial charge in [-0.15, -0.1) is 0 Å². The maximum atomic E-state index is 12.4. The molecule has 0 radical (unpaired) electrons. The number of nitrogens with zero attached hydrogens (tertiary/aromatic N) is 2. The lowest BCUT2D eigenvalue weighted by Gasteiger charge is -2.13. The quantitative estimate of drug-likeness (QED) is 0.568. The van der Waals surface area contributed by atoms with Gasteiger partial charge in [0.25, 0.3) is 5.91 Å². The number of amides is 1. The highest BCUT2D eigenvalue weighted by Gasteiger charge is 2.38. The van der Waals surface area contributed by atoms with Gasteiger partial charge in [0.1, 0.15) is 5.92 Å². The second-order valence-corrected chi connectivity index (χ2v) is 5.44. The first-order valence-corrected chi connectivity index (χ1v) is 7.62. The number of ketones is 1. The van der Waals surface area contributed by atoms with E-state index in [0.717, 1.165) is 25.7 Å². The van der Waals surface area contributed by atoms with Gasteiger partial charge in [0.15, 0.2) is 5.78 Å². The van der Waals surface area contributed by atoms with Crippen molar-refractivity contribution in [2.45, 2.75) is 46.0 Å². The SMILES string of the molecule is CCCCCCC(=O)C1C(=O)N(c2ccccc2)N=C1C. The third kappa shape index (κ3) is 3.57. The summed E-state index contributed by atoms with van der Waals surface area (Å²) < 4.78 is 0. The molecular weight excluding hydrogens is 264 g/mol. The maximum absolute atomic E-state index is 12.4. The molecule has 0 saturated carbocycles. The molecule has 1 heterocycles.